The van der Waals surface area contributed by atoms with Crippen molar-refractivity contribution in [2.45, 2.75) is 58.8 Å². The second-order valence-electron chi connectivity index (χ2n) is 5.01. The minimum Gasteiger partial charge on any atom is -0.0648 e. The molecule has 0 amide bonds. The van der Waals surface area contributed by atoms with Crippen LogP contribution in [0.4, 0.5) is 0 Å². The first-order valence-electron chi connectivity index (χ1n) is 6.28. The van der Waals surface area contributed by atoms with Crippen molar-refractivity contribution < 1.29 is 0 Å². The molecule has 0 aliphatic heterocycles. The van der Waals surface area contributed by atoms with Gasteiger partial charge in [0.1, 0.15) is 0 Å². The molecule has 1 aliphatic rings. The highest BCUT2D eigenvalue weighted by atomic mass is 14.3. The van der Waals surface area contributed by atoms with Crippen molar-refractivity contribution in [2.75, 3.05) is 0 Å². The molecule has 0 heteroatoms. The van der Waals surface area contributed by atoms with E-state index in [-0.39, 0.29) is 0 Å². The molecule has 2 atom stereocenters. The zero-order chi connectivity index (χ0) is 11.0. The van der Waals surface area contributed by atoms with E-state index in [0.29, 0.717) is 0 Å². The quantitative estimate of drug-likeness (QED) is 0.652. The first-order valence-corrected chi connectivity index (χ1v) is 6.28. The van der Waals surface area contributed by atoms with Crippen molar-refractivity contribution in [2.24, 2.45) is 0 Å². The van der Waals surface area contributed by atoms with E-state index in [0.717, 1.165) is 11.8 Å². The van der Waals surface area contributed by atoms with Crippen LogP contribution in [-0.4, -0.2) is 0 Å². The predicted molar refractivity (Wildman–Crippen MR) is 66.6 cm³/mol. The van der Waals surface area contributed by atoms with Gasteiger partial charge < -0.3 is 0 Å². The highest BCUT2D eigenvalue weighted by Crippen LogP contribution is 2.45. The summed E-state index contributed by atoms with van der Waals surface area (Å²) in [5.41, 5.74) is 6.22. The summed E-state index contributed by atoms with van der Waals surface area (Å²) in [5, 5.41) is 0. The minimum atomic E-state index is 0.823. The lowest BCUT2D eigenvalue weighted by Crippen LogP contribution is -1.93. The van der Waals surface area contributed by atoms with Crippen LogP contribution >= 0.6 is 0 Å². The van der Waals surface area contributed by atoms with E-state index in [1.165, 1.54) is 30.4 Å². The zero-order valence-corrected chi connectivity index (χ0v) is 10.4. The Balaban J connectivity index is 2.49. The van der Waals surface area contributed by atoms with Crippen LogP contribution in [0.5, 0.6) is 0 Å². The van der Waals surface area contributed by atoms with Crippen LogP contribution in [0.1, 0.15) is 67.2 Å². The van der Waals surface area contributed by atoms with E-state index in [9.17, 15) is 0 Å². The molecule has 1 aromatic carbocycles. The van der Waals surface area contributed by atoms with Gasteiger partial charge >= 0.3 is 0 Å². The summed E-state index contributed by atoms with van der Waals surface area (Å²) in [7, 11) is 0. The molecular formula is C15H22. The fourth-order valence-electron chi connectivity index (χ4n) is 2.94. The average Bonchev–Trinajstić information content (AvgIpc) is 2.56. The fraction of sp³-hybridized carbons (Fsp3) is 0.600. The van der Waals surface area contributed by atoms with Gasteiger partial charge in [-0.1, -0.05) is 26.0 Å². The first-order chi connectivity index (χ1) is 7.17. The summed E-state index contributed by atoms with van der Waals surface area (Å²) in [5.74, 6) is 1.65. The predicted octanol–water partition coefficient (Wildman–Crippen LogP) is 4.69. The summed E-state index contributed by atoms with van der Waals surface area (Å²) in [6, 6.07) is 4.88. The number of rotatable bonds is 2. The maximum absolute atomic E-state index is 2.44. The Morgan fingerprint density at radius 1 is 0.933 bits per heavy atom. The molecule has 0 heterocycles. The Morgan fingerprint density at radius 2 is 1.33 bits per heavy atom. The molecule has 2 rings (SSSR count). The SMILES string of the molecule is CCC1CC(CC)c2cc(C)c(C)cc21. The Hall–Kier alpha value is -0.780. The number of hydrogen-bond acceptors (Lipinski definition) is 0. The molecule has 82 valence electrons. The molecule has 0 fully saturated rings. The van der Waals surface area contributed by atoms with E-state index in [1.54, 1.807) is 11.1 Å². The lowest BCUT2D eigenvalue weighted by Gasteiger charge is -2.11. The molecule has 0 nitrogen and oxygen atoms in total. The highest BCUT2D eigenvalue weighted by Gasteiger charge is 2.28. The molecule has 0 aromatic heterocycles. The normalized spacial score (nSPS) is 24.3. The third kappa shape index (κ3) is 1.71. The number of benzene rings is 1. The molecule has 1 aliphatic carbocycles. The van der Waals surface area contributed by atoms with Gasteiger partial charge in [-0.3, -0.25) is 0 Å². The lowest BCUT2D eigenvalue weighted by atomic mass is 9.94. The second-order valence-corrected chi connectivity index (χ2v) is 5.01. The van der Waals surface area contributed by atoms with Crippen molar-refractivity contribution in [1.29, 1.82) is 0 Å². The van der Waals surface area contributed by atoms with Gasteiger partial charge in [-0.25, -0.2) is 0 Å². The van der Waals surface area contributed by atoms with Crippen molar-refractivity contribution in [3.05, 3.63) is 34.4 Å². The molecule has 0 N–H and O–H groups in total. The molecule has 0 spiro atoms. The molecule has 15 heavy (non-hydrogen) atoms. The summed E-state index contributed by atoms with van der Waals surface area (Å²) >= 11 is 0. The van der Waals surface area contributed by atoms with Crippen LogP contribution in [0.15, 0.2) is 12.1 Å². The second kappa shape index (κ2) is 4.00. The van der Waals surface area contributed by atoms with Crippen molar-refractivity contribution >= 4 is 0 Å². The van der Waals surface area contributed by atoms with E-state index < -0.39 is 0 Å². The van der Waals surface area contributed by atoms with Crippen LogP contribution in [-0.2, 0) is 0 Å². The van der Waals surface area contributed by atoms with E-state index in [4.69, 9.17) is 0 Å². The van der Waals surface area contributed by atoms with Gasteiger partial charge in [0.2, 0.25) is 0 Å². The van der Waals surface area contributed by atoms with Gasteiger partial charge in [0.15, 0.2) is 0 Å². The van der Waals surface area contributed by atoms with Crippen LogP contribution in [0.25, 0.3) is 0 Å². The van der Waals surface area contributed by atoms with Gasteiger partial charge in [0.05, 0.1) is 0 Å². The van der Waals surface area contributed by atoms with E-state index in [1.807, 2.05) is 0 Å². The molecule has 0 saturated heterocycles. The third-order valence-electron chi connectivity index (χ3n) is 4.13. The van der Waals surface area contributed by atoms with Crippen LogP contribution in [0, 0.1) is 13.8 Å². The van der Waals surface area contributed by atoms with Crippen LogP contribution < -0.4 is 0 Å². The smallest absolute Gasteiger partial charge is 0.0156 e. The fourth-order valence-corrected chi connectivity index (χ4v) is 2.94. The molecular weight excluding hydrogens is 180 g/mol. The lowest BCUT2D eigenvalue weighted by molar-refractivity contribution is 0.564. The van der Waals surface area contributed by atoms with Gasteiger partial charge in [0, 0.05) is 0 Å². The molecule has 0 bridgehead atoms. The topological polar surface area (TPSA) is 0 Å². The number of hydrogen-bond donors (Lipinski definition) is 0. The van der Waals surface area contributed by atoms with Gasteiger partial charge in [0.25, 0.3) is 0 Å². The number of aryl methyl sites for hydroxylation is 2. The van der Waals surface area contributed by atoms with Gasteiger partial charge in [-0.15, -0.1) is 0 Å². The maximum atomic E-state index is 2.44. The minimum absolute atomic E-state index is 0.823. The molecule has 0 saturated carbocycles. The largest absolute Gasteiger partial charge is 0.0648 e. The van der Waals surface area contributed by atoms with Crippen LogP contribution in [0.2, 0.25) is 0 Å². The van der Waals surface area contributed by atoms with Crippen molar-refractivity contribution in [1.82, 2.24) is 0 Å². The molecule has 1 aromatic rings. The summed E-state index contributed by atoms with van der Waals surface area (Å²) in [4.78, 5) is 0. The summed E-state index contributed by atoms with van der Waals surface area (Å²) < 4.78 is 0. The zero-order valence-electron chi connectivity index (χ0n) is 10.4. The average molecular weight is 202 g/mol. The summed E-state index contributed by atoms with van der Waals surface area (Å²) in [6.07, 6.45) is 3.98. The van der Waals surface area contributed by atoms with E-state index >= 15 is 0 Å². The monoisotopic (exact) mass is 202 g/mol. The highest BCUT2D eigenvalue weighted by molar-refractivity contribution is 5.44. The third-order valence-corrected chi connectivity index (χ3v) is 4.13. The standard InChI is InChI=1S/C15H22/c1-5-12-9-13(6-2)15-8-11(4)10(3)7-14(12)15/h7-8,12-13H,5-6,9H2,1-4H3. The Morgan fingerprint density at radius 3 is 1.67 bits per heavy atom. The van der Waals surface area contributed by atoms with Gasteiger partial charge in [-0.2, -0.15) is 0 Å². The van der Waals surface area contributed by atoms with Crippen molar-refractivity contribution in [3.8, 4) is 0 Å². The Kier molecular flexibility index (Phi) is 2.86. The van der Waals surface area contributed by atoms with Gasteiger partial charge in [-0.05, 0) is 67.2 Å². The van der Waals surface area contributed by atoms with Crippen LogP contribution in [0.3, 0.4) is 0 Å². The first kappa shape index (κ1) is 10.7. The Bertz CT molecular complexity index is 328. The summed E-state index contributed by atoms with van der Waals surface area (Å²) in [6.45, 7) is 9.12. The van der Waals surface area contributed by atoms with E-state index in [2.05, 4.69) is 39.8 Å². The van der Waals surface area contributed by atoms with Crippen molar-refractivity contribution in [3.63, 3.8) is 0 Å². The molecule has 2 unspecified atom stereocenters. The number of fused-ring (bicyclic) bond motifs is 1. The maximum Gasteiger partial charge on any atom is -0.0156 e. The Labute approximate surface area is 93.7 Å². The molecule has 0 radical (unpaired) electrons.